The van der Waals surface area contributed by atoms with E-state index in [1.807, 2.05) is 0 Å². The highest BCUT2D eigenvalue weighted by molar-refractivity contribution is 5.83. The molecule has 2 bridgehead atoms. The summed E-state index contributed by atoms with van der Waals surface area (Å²) in [6.45, 7) is 7.14. The fourth-order valence-electron chi connectivity index (χ4n) is 5.20. The smallest absolute Gasteiger partial charge is 0.226 e. The van der Waals surface area contributed by atoms with Crippen molar-refractivity contribution in [2.75, 3.05) is 19.6 Å². The molecule has 1 N–H and O–H groups in total. The summed E-state index contributed by atoms with van der Waals surface area (Å²) in [6.07, 6.45) is 4.25. The third-order valence-corrected chi connectivity index (χ3v) is 5.90. The van der Waals surface area contributed by atoms with Crippen LogP contribution in [0.15, 0.2) is 0 Å². The van der Waals surface area contributed by atoms with Gasteiger partial charge in [0.1, 0.15) is 0 Å². The van der Waals surface area contributed by atoms with Crippen LogP contribution in [0.2, 0.25) is 0 Å². The number of nitrogens with zero attached hydrogens (tertiary/aromatic N) is 1. The van der Waals surface area contributed by atoms with E-state index in [4.69, 9.17) is 0 Å². The third kappa shape index (κ3) is 1.49. The number of hydrogen-bond acceptors (Lipinski definition) is 2. The summed E-state index contributed by atoms with van der Waals surface area (Å²) in [5.74, 6) is 4.29. The standard InChI is InChI=1S/C15H24N2O/c1-15(2)8-17(6-5-16-15)14(18)13-11-9-3-4-10(7-9)12(11)13/h9-13,16H,3-8H2,1-2H3. The molecule has 3 heteroatoms. The van der Waals surface area contributed by atoms with Crippen LogP contribution >= 0.6 is 0 Å². The maximum Gasteiger partial charge on any atom is 0.226 e. The Hall–Kier alpha value is -0.570. The van der Waals surface area contributed by atoms with Gasteiger partial charge in [-0.3, -0.25) is 4.79 Å². The summed E-state index contributed by atoms with van der Waals surface area (Å²) in [5.41, 5.74) is 0.0941. The number of fused-ring (bicyclic) bond motifs is 5. The number of rotatable bonds is 1. The van der Waals surface area contributed by atoms with E-state index in [1.165, 1.54) is 19.3 Å². The Labute approximate surface area is 109 Å². The van der Waals surface area contributed by atoms with Crippen LogP contribution in [0.3, 0.4) is 0 Å². The first-order chi connectivity index (χ1) is 8.57. The molecule has 1 amide bonds. The molecule has 0 aromatic carbocycles. The summed E-state index contributed by atoms with van der Waals surface area (Å²) < 4.78 is 0. The first kappa shape index (κ1) is 11.3. The quantitative estimate of drug-likeness (QED) is 0.762. The van der Waals surface area contributed by atoms with Gasteiger partial charge in [-0.05, 0) is 56.8 Å². The van der Waals surface area contributed by atoms with Gasteiger partial charge < -0.3 is 10.2 Å². The SMILES string of the molecule is CC1(C)CN(C(=O)C2C3C4CCC(C4)C23)CCN1. The Kier molecular flexibility index (Phi) is 2.19. The van der Waals surface area contributed by atoms with Crippen LogP contribution in [0.5, 0.6) is 0 Å². The van der Waals surface area contributed by atoms with Gasteiger partial charge in [-0.25, -0.2) is 0 Å². The molecule has 3 nitrogen and oxygen atoms in total. The largest absolute Gasteiger partial charge is 0.339 e. The summed E-state index contributed by atoms with van der Waals surface area (Å²) in [5, 5.41) is 3.49. The van der Waals surface area contributed by atoms with Gasteiger partial charge >= 0.3 is 0 Å². The summed E-state index contributed by atoms with van der Waals surface area (Å²) in [6, 6.07) is 0. The zero-order valence-electron chi connectivity index (χ0n) is 11.5. The fourth-order valence-corrected chi connectivity index (χ4v) is 5.20. The van der Waals surface area contributed by atoms with Crippen molar-refractivity contribution in [2.24, 2.45) is 29.6 Å². The Morgan fingerprint density at radius 1 is 1.22 bits per heavy atom. The van der Waals surface area contributed by atoms with Crippen molar-refractivity contribution in [3.8, 4) is 0 Å². The molecular weight excluding hydrogens is 224 g/mol. The van der Waals surface area contributed by atoms with E-state index in [9.17, 15) is 4.79 Å². The molecular formula is C15H24N2O. The van der Waals surface area contributed by atoms with Crippen molar-refractivity contribution in [3.05, 3.63) is 0 Å². The molecule has 1 saturated heterocycles. The zero-order chi connectivity index (χ0) is 12.5. The number of piperazine rings is 1. The van der Waals surface area contributed by atoms with Gasteiger partial charge in [0.25, 0.3) is 0 Å². The second-order valence-electron chi connectivity index (χ2n) is 7.58. The lowest BCUT2D eigenvalue weighted by molar-refractivity contribution is -0.135. The lowest BCUT2D eigenvalue weighted by Crippen LogP contribution is -2.58. The molecule has 0 radical (unpaired) electrons. The minimum Gasteiger partial charge on any atom is -0.339 e. The zero-order valence-corrected chi connectivity index (χ0v) is 11.5. The highest BCUT2D eigenvalue weighted by atomic mass is 16.2. The Balaban J connectivity index is 1.46. The summed E-state index contributed by atoms with van der Waals surface area (Å²) in [7, 11) is 0. The molecule has 0 aromatic heterocycles. The molecule has 4 unspecified atom stereocenters. The number of nitrogens with one attached hydrogen (secondary N) is 1. The number of hydrogen-bond donors (Lipinski definition) is 1. The molecule has 1 heterocycles. The third-order valence-electron chi connectivity index (χ3n) is 5.90. The monoisotopic (exact) mass is 248 g/mol. The molecule has 0 spiro atoms. The van der Waals surface area contributed by atoms with Crippen LogP contribution in [0.1, 0.15) is 33.1 Å². The molecule has 1 aliphatic heterocycles. The molecule has 4 aliphatic rings. The van der Waals surface area contributed by atoms with Gasteiger partial charge in [-0.15, -0.1) is 0 Å². The van der Waals surface area contributed by atoms with E-state index < -0.39 is 0 Å². The van der Waals surface area contributed by atoms with E-state index >= 15 is 0 Å². The molecule has 4 fully saturated rings. The summed E-state index contributed by atoms with van der Waals surface area (Å²) in [4.78, 5) is 14.8. The van der Waals surface area contributed by atoms with Crippen molar-refractivity contribution < 1.29 is 4.79 Å². The van der Waals surface area contributed by atoms with E-state index in [0.29, 0.717) is 11.8 Å². The minimum absolute atomic E-state index is 0.0941. The van der Waals surface area contributed by atoms with E-state index in [-0.39, 0.29) is 5.54 Å². The van der Waals surface area contributed by atoms with Crippen LogP contribution in [-0.4, -0.2) is 36.0 Å². The number of amides is 1. The molecule has 100 valence electrons. The predicted octanol–water partition coefficient (Wildman–Crippen LogP) is 1.49. The van der Waals surface area contributed by atoms with E-state index in [1.54, 1.807) is 0 Å². The Morgan fingerprint density at radius 2 is 1.89 bits per heavy atom. The number of carbonyl (C=O) groups excluding carboxylic acids is 1. The van der Waals surface area contributed by atoms with Crippen LogP contribution in [0.25, 0.3) is 0 Å². The Bertz CT molecular complexity index is 372. The van der Waals surface area contributed by atoms with Gasteiger partial charge in [-0.1, -0.05) is 0 Å². The van der Waals surface area contributed by atoms with Crippen LogP contribution in [-0.2, 0) is 4.79 Å². The normalized spacial score (nSPS) is 48.1. The maximum atomic E-state index is 12.7. The van der Waals surface area contributed by atoms with Crippen molar-refractivity contribution in [1.29, 1.82) is 0 Å². The Morgan fingerprint density at radius 3 is 2.50 bits per heavy atom. The van der Waals surface area contributed by atoms with E-state index in [0.717, 1.165) is 43.3 Å². The van der Waals surface area contributed by atoms with Crippen LogP contribution in [0.4, 0.5) is 0 Å². The van der Waals surface area contributed by atoms with Crippen molar-refractivity contribution >= 4 is 5.91 Å². The van der Waals surface area contributed by atoms with Gasteiger partial charge in [-0.2, -0.15) is 0 Å². The first-order valence-corrected chi connectivity index (χ1v) is 7.61. The van der Waals surface area contributed by atoms with Gasteiger partial charge in [0.05, 0.1) is 0 Å². The number of carbonyl (C=O) groups is 1. The van der Waals surface area contributed by atoms with Crippen LogP contribution < -0.4 is 5.32 Å². The highest BCUT2D eigenvalue weighted by Gasteiger charge is 2.68. The lowest BCUT2D eigenvalue weighted by Gasteiger charge is -2.39. The fraction of sp³-hybridized carbons (Fsp3) is 0.933. The molecule has 3 aliphatic carbocycles. The van der Waals surface area contributed by atoms with Gasteiger partial charge in [0.2, 0.25) is 5.91 Å². The second-order valence-corrected chi connectivity index (χ2v) is 7.58. The molecule has 18 heavy (non-hydrogen) atoms. The van der Waals surface area contributed by atoms with Crippen LogP contribution in [0, 0.1) is 29.6 Å². The topological polar surface area (TPSA) is 32.3 Å². The average molecular weight is 248 g/mol. The van der Waals surface area contributed by atoms with E-state index in [2.05, 4.69) is 24.1 Å². The predicted molar refractivity (Wildman–Crippen MR) is 70.0 cm³/mol. The first-order valence-electron chi connectivity index (χ1n) is 7.61. The van der Waals surface area contributed by atoms with Crippen molar-refractivity contribution in [2.45, 2.75) is 38.6 Å². The maximum absolute atomic E-state index is 12.7. The highest BCUT2D eigenvalue weighted by Crippen LogP contribution is 2.69. The summed E-state index contributed by atoms with van der Waals surface area (Å²) >= 11 is 0. The molecule has 3 saturated carbocycles. The average Bonchev–Trinajstić information content (AvgIpc) is 2.75. The van der Waals surface area contributed by atoms with Gasteiger partial charge in [0.15, 0.2) is 0 Å². The van der Waals surface area contributed by atoms with Gasteiger partial charge in [0, 0.05) is 31.1 Å². The molecule has 0 aromatic rings. The lowest BCUT2D eigenvalue weighted by atomic mass is 9.99. The van der Waals surface area contributed by atoms with Crippen molar-refractivity contribution in [3.63, 3.8) is 0 Å². The second kappa shape index (κ2) is 3.50. The van der Waals surface area contributed by atoms with Crippen molar-refractivity contribution in [1.82, 2.24) is 10.2 Å². The molecule has 4 atom stereocenters. The minimum atomic E-state index is 0.0941. The molecule has 4 rings (SSSR count).